The van der Waals surface area contributed by atoms with Gasteiger partial charge in [0.25, 0.3) is 10.0 Å². The number of halogens is 1. The van der Waals surface area contributed by atoms with Crippen molar-refractivity contribution in [2.75, 3.05) is 0 Å². The lowest BCUT2D eigenvalue weighted by atomic mass is 10.2. The molecule has 1 aromatic heterocycles. The molecule has 9 nitrogen and oxygen atoms in total. The molecule has 2 rings (SSSR count). The van der Waals surface area contributed by atoms with Gasteiger partial charge in [0.1, 0.15) is 17.1 Å². The standard InChI is InChI=1S/C23H30ClN3O6S/c1-5-6-7-19-25-22(24)18(15-28)27(19)14-16-8-10-17(11-9-16)34(31,32)26-20(29)12-13-21(30)33-23(2,3)4/h8-11,15H,5-7,12-14H2,1-4H3,(H,26,29). The van der Waals surface area contributed by atoms with E-state index >= 15 is 0 Å². The monoisotopic (exact) mass is 511 g/mol. The predicted molar refractivity (Wildman–Crippen MR) is 127 cm³/mol. The number of imidazole rings is 1. The van der Waals surface area contributed by atoms with Crippen molar-refractivity contribution < 1.29 is 27.5 Å². The van der Waals surface area contributed by atoms with Crippen LogP contribution in [0.1, 0.15) is 75.3 Å². The van der Waals surface area contributed by atoms with Gasteiger partial charge in [-0.25, -0.2) is 18.1 Å². The number of nitrogens with one attached hydrogen (secondary N) is 1. The average molecular weight is 512 g/mol. The molecule has 2 aromatic rings. The molecule has 34 heavy (non-hydrogen) atoms. The molecule has 11 heteroatoms. The number of hydrogen-bond donors (Lipinski definition) is 1. The van der Waals surface area contributed by atoms with Gasteiger partial charge in [-0.1, -0.05) is 37.1 Å². The summed E-state index contributed by atoms with van der Waals surface area (Å²) in [4.78, 5) is 39.4. The number of rotatable bonds is 11. The highest BCUT2D eigenvalue weighted by Crippen LogP contribution is 2.20. The highest BCUT2D eigenvalue weighted by atomic mass is 35.5. The number of esters is 1. The molecule has 1 amide bonds. The van der Waals surface area contributed by atoms with Crippen LogP contribution in [0.25, 0.3) is 0 Å². The van der Waals surface area contributed by atoms with E-state index in [-0.39, 0.29) is 35.1 Å². The number of carbonyl (C=O) groups excluding carboxylic acids is 3. The molecule has 0 aliphatic carbocycles. The van der Waals surface area contributed by atoms with Gasteiger partial charge >= 0.3 is 5.97 Å². The summed E-state index contributed by atoms with van der Waals surface area (Å²) in [5, 5.41) is 0.134. The van der Waals surface area contributed by atoms with Gasteiger partial charge < -0.3 is 9.30 Å². The first-order valence-corrected chi connectivity index (χ1v) is 12.8. The third-order valence-corrected chi connectivity index (χ3v) is 6.37. The van der Waals surface area contributed by atoms with Gasteiger partial charge in [-0.2, -0.15) is 0 Å². The van der Waals surface area contributed by atoms with Crippen molar-refractivity contribution in [2.24, 2.45) is 0 Å². The summed E-state index contributed by atoms with van der Waals surface area (Å²) < 4.78 is 33.9. The van der Waals surface area contributed by atoms with Gasteiger partial charge in [0.05, 0.1) is 11.3 Å². The summed E-state index contributed by atoms with van der Waals surface area (Å²) in [6, 6.07) is 5.91. The minimum atomic E-state index is -4.11. The molecule has 0 saturated carbocycles. The van der Waals surface area contributed by atoms with Crippen molar-refractivity contribution in [3.63, 3.8) is 0 Å². The van der Waals surface area contributed by atoms with Crippen molar-refractivity contribution in [3.8, 4) is 0 Å². The maximum atomic E-state index is 12.5. The molecule has 0 saturated heterocycles. The highest BCUT2D eigenvalue weighted by molar-refractivity contribution is 7.90. The van der Waals surface area contributed by atoms with Crippen LogP contribution in [0.4, 0.5) is 0 Å². The van der Waals surface area contributed by atoms with Crippen molar-refractivity contribution in [3.05, 3.63) is 46.5 Å². The van der Waals surface area contributed by atoms with Crippen molar-refractivity contribution in [1.82, 2.24) is 14.3 Å². The Bertz CT molecular complexity index is 1130. The molecule has 0 spiro atoms. The van der Waals surface area contributed by atoms with E-state index in [0.717, 1.165) is 18.4 Å². The van der Waals surface area contributed by atoms with E-state index in [1.807, 2.05) is 11.6 Å². The van der Waals surface area contributed by atoms with Gasteiger partial charge in [0, 0.05) is 19.4 Å². The number of hydrogen-bond acceptors (Lipinski definition) is 7. The second-order valence-corrected chi connectivity index (χ2v) is 10.8. The molecular weight excluding hydrogens is 482 g/mol. The zero-order valence-corrected chi connectivity index (χ0v) is 21.3. The number of nitrogens with zero attached hydrogens (tertiary/aromatic N) is 2. The molecule has 186 valence electrons. The van der Waals surface area contributed by atoms with E-state index in [4.69, 9.17) is 16.3 Å². The Hall–Kier alpha value is -2.72. The van der Waals surface area contributed by atoms with E-state index in [1.54, 1.807) is 37.5 Å². The van der Waals surface area contributed by atoms with E-state index in [1.165, 1.54) is 12.1 Å². The molecule has 0 unspecified atom stereocenters. The van der Waals surface area contributed by atoms with Crippen LogP contribution in [0.2, 0.25) is 5.15 Å². The van der Waals surface area contributed by atoms with Crippen LogP contribution >= 0.6 is 11.6 Å². The van der Waals surface area contributed by atoms with Crippen LogP contribution in [0.5, 0.6) is 0 Å². The second kappa shape index (κ2) is 11.6. The lowest BCUT2D eigenvalue weighted by molar-refractivity contribution is -0.155. The van der Waals surface area contributed by atoms with Crippen molar-refractivity contribution in [1.29, 1.82) is 0 Å². The summed E-state index contributed by atoms with van der Waals surface area (Å²) in [6.07, 6.45) is 2.60. The normalized spacial score (nSPS) is 11.8. The Morgan fingerprint density at radius 1 is 1.18 bits per heavy atom. The Balaban J connectivity index is 2.07. The fourth-order valence-corrected chi connectivity index (χ4v) is 4.38. The minimum Gasteiger partial charge on any atom is -0.460 e. The molecule has 1 N–H and O–H groups in total. The Morgan fingerprint density at radius 2 is 1.82 bits per heavy atom. The van der Waals surface area contributed by atoms with Gasteiger partial charge in [-0.05, 0) is 44.9 Å². The minimum absolute atomic E-state index is 0.104. The number of unbranched alkanes of at least 4 members (excludes halogenated alkanes) is 1. The van der Waals surface area contributed by atoms with Crippen LogP contribution in [-0.4, -0.2) is 41.7 Å². The van der Waals surface area contributed by atoms with Crippen LogP contribution in [0.3, 0.4) is 0 Å². The number of aromatic nitrogens is 2. The lowest BCUT2D eigenvalue weighted by Crippen LogP contribution is -2.31. The van der Waals surface area contributed by atoms with Crippen molar-refractivity contribution in [2.45, 2.75) is 76.8 Å². The lowest BCUT2D eigenvalue weighted by Gasteiger charge is -2.19. The predicted octanol–water partition coefficient (Wildman–Crippen LogP) is 3.67. The first kappa shape index (κ1) is 27.5. The fourth-order valence-electron chi connectivity index (χ4n) is 3.12. The zero-order chi connectivity index (χ0) is 25.5. The summed E-state index contributed by atoms with van der Waals surface area (Å²) in [7, 11) is -4.11. The highest BCUT2D eigenvalue weighted by Gasteiger charge is 2.21. The Morgan fingerprint density at radius 3 is 2.38 bits per heavy atom. The number of amides is 1. The maximum Gasteiger partial charge on any atom is 0.306 e. The van der Waals surface area contributed by atoms with Crippen LogP contribution in [0.15, 0.2) is 29.2 Å². The number of carbonyl (C=O) groups is 3. The van der Waals surface area contributed by atoms with Gasteiger partial charge in [-0.15, -0.1) is 0 Å². The summed E-state index contributed by atoms with van der Waals surface area (Å²) in [5.41, 5.74) is 0.305. The average Bonchev–Trinajstić information content (AvgIpc) is 3.03. The second-order valence-electron chi connectivity index (χ2n) is 8.77. The van der Waals surface area contributed by atoms with Gasteiger partial charge in [0.15, 0.2) is 11.4 Å². The summed E-state index contributed by atoms with van der Waals surface area (Å²) >= 11 is 6.09. The number of aryl methyl sites for hydroxylation is 1. The van der Waals surface area contributed by atoms with E-state index in [0.29, 0.717) is 18.5 Å². The van der Waals surface area contributed by atoms with E-state index < -0.39 is 27.5 Å². The smallest absolute Gasteiger partial charge is 0.306 e. The third kappa shape index (κ3) is 7.95. The molecule has 0 aliphatic heterocycles. The van der Waals surface area contributed by atoms with Gasteiger partial charge in [0.2, 0.25) is 5.91 Å². The quantitative estimate of drug-likeness (QED) is 0.360. The summed E-state index contributed by atoms with van der Waals surface area (Å²) in [5.74, 6) is -0.709. The molecule has 0 atom stereocenters. The maximum absolute atomic E-state index is 12.5. The number of benzene rings is 1. The molecule has 0 fully saturated rings. The first-order valence-electron chi connectivity index (χ1n) is 10.9. The van der Waals surface area contributed by atoms with Gasteiger partial charge in [-0.3, -0.25) is 14.4 Å². The van der Waals surface area contributed by atoms with E-state index in [2.05, 4.69) is 4.98 Å². The van der Waals surface area contributed by atoms with Crippen LogP contribution in [0, 0.1) is 0 Å². The third-order valence-electron chi connectivity index (χ3n) is 4.71. The number of aldehydes is 1. The molecule has 1 heterocycles. The molecule has 0 bridgehead atoms. The number of ether oxygens (including phenoxy) is 1. The molecule has 0 aliphatic rings. The number of sulfonamides is 1. The topological polar surface area (TPSA) is 124 Å². The summed E-state index contributed by atoms with van der Waals surface area (Å²) in [6.45, 7) is 7.44. The zero-order valence-electron chi connectivity index (χ0n) is 19.8. The Labute approximate surface area is 204 Å². The first-order chi connectivity index (χ1) is 15.9. The van der Waals surface area contributed by atoms with E-state index in [9.17, 15) is 22.8 Å². The Kier molecular flexibility index (Phi) is 9.40. The van der Waals surface area contributed by atoms with Crippen molar-refractivity contribution >= 4 is 39.8 Å². The van der Waals surface area contributed by atoms with Crippen LogP contribution in [-0.2, 0) is 37.3 Å². The molecular formula is C23H30ClN3O6S. The molecule has 0 radical (unpaired) electrons. The van der Waals surface area contributed by atoms with Crippen LogP contribution < -0.4 is 4.72 Å². The fraction of sp³-hybridized carbons (Fsp3) is 0.478. The SMILES string of the molecule is CCCCc1nc(Cl)c(C=O)n1Cc1ccc(S(=O)(=O)NC(=O)CCC(=O)OC(C)(C)C)cc1. The largest absolute Gasteiger partial charge is 0.460 e. The molecule has 1 aromatic carbocycles.